The number of aliphatic hydroxyl groups is 1. The van der Waals surface area contributed by atoms with E-state index in [0.29, 0.717) is 13.0 Å². The van der Waals surface area contributed by atoms with Gasteiger partial charge in [-0.2, -0.15) is 0 Å². The molecule has 0 aliphatic carbocycles. The highest BCUT2D eigenvalue weighted by molar-refractivity contribution is 5.22. The number of rotatable bonds is 5. The molecule has 1 aromatic carbocycles. The number of terminal acetylenes is 1. The first-order chi connectivity index (χ1) is 7.66. The molecule has 1 atom stereocenters. The molecule has 0 saturated heterocycles. The molecule has 0 heterocycles. The van der Waals surface area contributed by atoms with E-state index in [2.05, 4.69) is 11.2 Å². The predicted molar refractivity (Wildman–Crippen MR) is 57.6 cm³/mol. The summed E-state index contributed by atoms with van der Waals surface area (Å²) in [6, 6.07) is 3.48. The van der Waals surface area contributed by atoms with Crippen LogP contribution in [0.5, 0.6) is 0 Å². The molecule has 2 N–H and O–H groups in total. The summed E-state index contributed by atoms with van der Waals surface area (Å²) in [7, 11) is 0. The molecule has 0 amide bonds. The molecule has 86 valence electrons. The predicted octanol–water partition coefficient (Wildman–Crippen LogP) is 1.61. The Balaban J connectivity index is 2.59. The number of hydrogen-bond donors (Lipinski definition) is 2. The Bertz CT molecular complexity index is 367. The molecule has 0 bridgehead atoms. The van der Waals surface area contributed by atoms with Crippen molar-refractivity contribution in [3.05, 3.63) is 35.4 Å². The van der Waals surface area contributed by atoms with Gasteiger partial charge in [0.05, 0.1) is 11.7 Å². The van der Waals surface area contributed by atoms with Crippen LogP contribution in [-0.4, -0.2) is 18.2 Å². The van der Waals surface area contributed by atoms with Crippen LogP contribution in [-0.2, 0) is 0 Å². The van der Waals surface area contributed by atoms with Crippen molar-refractivity contribution in [2.24, 2.45) is 0 Å². The standard InChI is InChI=1S/C12H13F2NO/c1-2-3-7-15-8-11(16)12-9(13)5-4-6-10(12)14/h1,4-6,11,15-16H,3,7-8H2. The van der Waals surface area contributed by atoms with E-state index in [9.17, 15) is 13.9 Å². The topological polar surface area (TPSA) is 32.3 Å². The van der Waals surface area contributed by atoms with Crippen molar-refractivity contribution in [2.45, 2.75) is 12.5 Å². The molecule has 4 heteroatoms. The van der Waals surface area contributed by atoms with Gasteiger partial charge in [-0.25, -0.2) is 8.78 Å². The lowest BCUT2D eigenvalue weighted by Gasteiger charge is -2.13. The van der Waals surface area contributed by atoms with Crippen molar-refractivity contribution in [1.82, 2.24) is 5.32 Å². The van der Waals surface area contributed by atoms with E-state index in [-0.39, 0.29) is 12.1 Å². The maximum absolute atomic E-state index is 13.2. The Morgan fingerprint density at radius 1 is 1.38 bits per heavy atom. The molecule has 1 aromatic rings. The number of benzene rings is 1. The van der Waals surface area contributed by atoms with E-state index in [1.807, 2.05) is 0 Å². The van der Waals surface area contributed by atoms with Crippen molar-refractivity contribution in [1.29, 1.82) is 0 Å². The third-order valence-corrected chi connectivity index (χ3v) is 2.12. The largest absolute Gasteiger partial charge is 0.387 e. The Kier molecular flexibility index (Phi) is 4.90. The Labute approximate surface area is 93.3 Å². The molecule has 2 nitrogen and oxygen atoms in total. The van der Waals surface area contributed by atoms with Crippen molar-refractivity contribution in [3.63, 3.8) is 0 Å². The summed E-state index contributed by atoms with van der Waals surface area (Å²) in [5.41, 5.74) is -0.310. The van der Waals surface area contributed by atoms with E-state index in [4.69, 9.17) is 6.42 Å². The summed E-state index contributed by atoms with van der Waals surface area (Å²) in [5.74, 6) is 0.923. The first kappa shape index (κ1) is 12.6. The fraction of sp³-hybridized carbons (Fsp3) is 0.333. The fourth-order valence-electron chi connectivity index (χ4n) is 1.33. The van der Waals surface area contributed by atoms with Crippen LogP contribution in [0.2, 0.25) is 0 Å². The smallest absolute Gasteiger partial charge is 0.131 e. The number of aliphatic hydroxyl groups excluding tert-OH is 1. The van der Waals surface area contributed by atoms with Crippen LogP contribution in [0.15, 0.2) is 18.2 Å². The van der Waals surface area contributed by atoms with Crippen molar-refractivity contribution in [2.75, 3.05) is 13.1 Å². The average Bonchev–Trinajstić information content (AvgIpc) is 2.24. The maximum Gasteiger partial charge on any atom is 0.131 e. The molecule has 0 aliphatic rings. The second-order valence-corrected chi connectivity index (χ2v) is 3.31. The highest BCUT2D eigenvalue weighted by Crippen LogP contribution is 2.19. The van der Waals surface area contributed by atoms with Crippen LogP contribution < -0.4 is 5.32 Å². The lowest BCUT2D eigenvalue weighted by molar-refractivity contribution is 0.165. The van der Waals surface area contributed by atoms with E-state index in [0.717, 1.165) is 12.1 Å². The summed E-state index contributed by atoms with van der Waals surface area (Å²) in [4.78, 5) is 0. The number of halogens is 2. The van der Waals surface area contributed by atoms with E-state index in [1.165, 1.54) is 6.07 Å². The van der Waals surface area contributed by atoms with Crippen LogP contribution >= 0.6 is 0 Å². The van der Waals surface area contributed by atoms with Gasteiger partial charge in [0, 0.05) is 19.5 Å². The monoisotopic (exact) mass is 225 g/mol. The van der Waals surface area contributed by atoms with Gasteiger partial charge >= 0.3 is 0 Å². The molecule has 0 fully saturated rings. The summed E-state index contributed by atoms with van der Waals surface area (Å²) >= 11 is 0. The zero-order chi connectivity index (χ0) is 12.0. The second kappa shape index (κ2) is 6.21. The molecule has 0 saturated carbocycles. The summed E-state index contributed by atoms with van der Waals surface area (Å²) in [6.07, 6.45) is 4.33. The number of hydrogen-bond acceptors (Lipinski definition) is 2. The van der Waals surface area contributed by atoms with Crippen LogP contribution in [0.1, 0.15) is 18.1 Å². The van der Waals surface area contributed by atoms with Crippen LogP contribution in [0.25, 0.3) is 0 Å². The molecule has 0 radical (unpaired) electrons. The molecule has 0 spiro atoms. The molecule has 16 heavy (non-hydrogen) atoms. The maximum atomic E-state index is 13.2. The first-order valence-corrected chi connectivity index (χ1v) is 4.93. The van der Waals surface area contributed by atoms with E-state index in [1.54, 1.807) is 0 Å². The van der Waals surface area contributed by atoms with Gasteiger partial charge < -0.3 is 10.4 Å². The SMILES string of the molecule is C#CCCNCC(O)c1c(F)cccc1F. The minimum Gasteiger partial charge on any atom is -0.387 e. The van der Waals surface area contributed by atoms with Crippen molar-refractivity contribution >= 4 is 0 Å². The average molecular weight is 225 g/mol. The quantitative estimate of drug-likeness (QED) is 0.589. The van der Waals surface area contributed by atoms with Gasteiger partial charge in [0.2, 0.25) is 0 Å². The van der Waals surface area contributed by atoms with Gasteiger partial charge in [0.25, 0.3) is 0 Å². The third-order valence-electron chi connectivity index (χ3n) is 2.12. The molecular formula is C12H13F2NO. The van der Waals surface area contributed by atoms with E-state index < -0.39 is 17.7 Å². The van der Waals surface area contributed by atoms with Gasteiger partial charge in [0.15, 0.2) is 0 Å². The normalized spacial score (nSPS) is 12.1. The molecule has 1 rings (SSSR count). The molecular weight excluding hydrogens is 212 g/mol. The van der Waals surface area contributed by atoms with Gasteiger partial charge in [0.1, 0.15) is 11.6 Å². The Hall–Kier alpha value is -1.44. The Morgan fingerprint density at radius 2 is 2.00 bits per heavy atom. The molecule has 1 unspecified atom stereocenters. The van der Waals surface area contributed by atoms with E-state index >= 15 is 0 Å². The molecule has 0 aromatic heterocycles. The zero-order valence-corrected chi connectivity index (χ0v) is 8.71. The minimum atomic E-state index is -1.21. The van der Waals surface area contributed by atoms with Crippen LogP contribution in [0, 0.1) is 24.0 Å². The van der Waals surface area contributed by atoms with Gasteiger partial charge in [-0.1, -0.05) is 6.07 Å². The summed E-state index contributed by atoms with van der Waals surface area (Å²) in [5, 5.41) is 12.4. The third kappa shape index (κ3) is 3.30. The second-order valence-electron chi connectivity index (χ2n) is 3.31. The first-order valence-electron chi connectivity index (χ1n) is 4.93. The zero-order valence-electron chi connectivity index (χ0n) is 8.71. The van der Waals surface area contributed by atoms with Crippen LogP contribution in [0.3, 0.4) is 0 Å². The van der Waals surface area contributed by atoms with Crippen LogP contribution in [0.4, 0.5) is 8.78 Å². The highest BCUT2D eigenvalue weighted by Gasteiger charge is 2.16. The molecule has 0 aliphatic heterocycles. The number of nitrogens with one attached hydrogen (secondary N) is 1. The van der Waals surface area contributed by atoms with Crippen molar-refractivity contribution < 1.29 is 13.9 Å². The minimum absolute atomic E-state index is 0.0690. The van der Waals surface area contributed by atoms with Crippen molar-refractivity contribution in [3.8, 4) is 12.3 Å². The van der Waals surface area contributed by atoms with Gasteiger partial charge in [-0.15, -0.1) is 12.3 Å². The van der Waals surface area contributed by atoms with Gasteiger partial charge in [-0.3, -0.25) is 0 Å². The lowest BCUT2D eigenvalue weighted by atomic mass is 10.1. The van der Waals surface area contributed by atoms with Gasteiger partial charge in [-0.05, 0) is 12.1 Å². The Morgan fingerprint density at radius 3 is 2.56 bits per heavy atom. The lowest BCUT2D eigenvalue weighted by Crippen LogP contribution is -2.23. The fourth-order valence-corrected chi connectivity index (χ4v) is 1.33. The summed E-state index contributed by atoms with van der Waals surface area (Å²) in [6.45, 7) is 0.573. The summed E-state index contributed by atoms with van der Waals surface area (Å²) < 4.78 is 26.4. The highest BCUT2D eigenvalue weighted by atomic mass is 19.1.